The van der Waals surface area contributed by atoms with Gasteiger partial charge in [-0.3, -0.25) is 9.59 Å². The first-order valence-corrected chi connectivity index (χ1v) is 9.48. The van der Waals surface area contributed by atoms with E-state index in [1.54, 1.807) is 18.2 Å². The lowest BCUT2D eigenvalue weighted by Gasteiger charge is -2.29. The van der Waals surface area contributed by atoms with Crippen molar-refractivity contribution < 1.29 is 14.3 Å². The molecule has 5 nitrogen and oxygen atoms in total. The maximum absolute atomic E-state index is 12.9. The van der Waals surface area contributed by atoms with Crippen LogP contribution in [0.2, 0.25) is 10.0 Å². The summed E-state index contributed by atoms with van der Waals surface area (Å²) in [6, 6.07) is 12.7. The van der Waals surface area contributed by atoms with Crippen molar-refractivity contribution in [1.29, 1.82) is 0 Å². The van der Waals surface area contributed by atoms with E-state index >= 15 is 0 Å². The molecular weight excluding hydrogens is 387 g/mol. The van der Waals surface area contributed by atoms with Gasteiger partial charge in [-0.2, -0.15) is 0 Å². The van der Waals surface area contributed by atoms with Gasteiger partial charge in [-0.15, -0.1) is 0 Å². The molecule has 1 unspecified atom stereocenters. The summed E-state index contributed by atoms with van der Waals surface area (Å²) in [6.07, 6.45) is 0.601. The Morgan fingerprint density at radius 2 is 1.85 bits per heavy atom. The zero-order valence-electron chi connectivity index (χ0n) is 14.9. The Morgan fingerprint density at radius 3 is 2.56 bits per heavy atom. The third-order valence-electron chi connectivity index (χ3n) is 4.48. The van der Waals surface area contributed by atoms with E-state index in [2.05, 4.69) is 5.32 Å². The number of hydrogen-bond donors (Lipinski definition) is 1. The summed E-state index contributed by atoms with van der Waals surface area (Å²) in [5.41, 5.74) is 1.36. The standard InChI is InChI=1S/C20H20Cl2N2O3/c1-2-24(11-18(25)23-19-15(21)7-5-8-16(19)22)20(26)14-10-13-6-3-4-9-17(13)27-12-14/h3-9,14H,2,10-12H2,1H3,(H,23,25). The van der Waals surface area contributed by atoms with E-state index in [4.69, 9.17) is 27.9 Å². The van der Waals surface area contributed by atoms with Crippen LogP contribution in [0.25, 0.3) is 0 Å². The van der Waals surface area contributed by atoms with Crippen LogP contribution in [0.5, 0.6) is 5.75 Å². The average Bonchev–Trinajstić information content (AvgIpc) is 2.68. The first-order chi connectivity index (χ1) is 13.0. The number of nitrogens with zero attached hydrogens (tertiary/aromatic N) is 1. The summed E-state index contributed by atoms with van der Waals surface area (Å²) >= 11 is 12.2. The van der Waals surface area contributed by atoms with E-state index in [9.17, 15) is 9.59 Å². The first kappa shape index (κ1) is 19.5. The predicted molar refractivity (Wildman–Crippen MR) is 106 cm³/mol. The lowest BCUT2D eigenvalue weighted by molar-refractivity contribution is -0.139. The van der Waals surface area contributed by atoms with Crippen molar-refractivity contribution in [1.82, 2.24) is 4.90 Å². The molecule has 2 aromatic rings. The number of amides is 2. The van der Waals surface area contributed by atoms with E-state index < -0.39 is 0 Å². The van der Waals surface area contributed by atoms with Crippen LogP contribution in [0.4, 0.5) is 5.69 Å². The molecule has 1 aliphatic rings. The summed E-state index contributed by atoms with van der Waals surface area (Å²) in [7, 11) is 0. The highest BCUT2D eigenvalue weighted by molar-refractivity contribution is 6.39. The van der Waals surface area contributed by atoms with Crippen LogP contribution in [0.1, 0.15) is 12.5 Å². The fourth-order valence-electron chi connectivity index (χ4n) is 3.06. The van der Waals surface area contributed by atoms with Crippen molar-refractivity contribution in [3.8, 4) is 5.75 Å². The molecule has 0 aromatic heterocycles. The molecule has 142 valence electrons. The van der Waals surface area contributed by atoms with Crippen LogP contribution in [0.3, 0.4) is 0 Å². The fraction of sp³-hybridized carbons (Fsp3) is 0.300. The summed E-state index contributed by atoms with van der Waals surface area (Å²) in [5.74, 6) is 0.0528. The second-order valence-electron chi connectivity index (χ2n) is 6.32. The molecule has 0 aliphatic carbocycles. The Balaban J connectivity index is 1.65. The number of para-hydroxylation sites is 2. The number of carbonyl (C=O) groups excluding carboxylic acids is 2. The maximum atomic E-state index is 12.9. The molecule has 1 aliphatic heterocycles. The second kappa shape index (κ2) is 8.63. The molecule has 27 heavy (non-hydrogen) atoms. The molecule has 2 amide bonds. The first-order valence-electron chi connectivity index (χ1n) is 8.73. The van der Waals surface area contributed by atoms with Crippen molar-refractivity contribution in [2.24, 2.45) is 5.92 Å². The van der Waals surface area contributed by atoms with Gasteiger partial charge in [0, 0.05) is 6.54 Å². The molecule has 0 spiro atoms. The van der Waals surface area contributed by atoms with Gasteiger partial charge in [0.05, 0.1) is 28.2 Å². The number of carbonyl (C=O) groups is 2. The smallest absolute Gasteiger partial charge is 0.244 e. The summed E-state index contributed by atoms with van der Waals surface area (Å²) in [6.45, 7) is 2.49. The topological polar surface area (TPSA) is 58.6 Å². The van der Waals surface area contributed by atoms with Crippen molar-refractivity contribution in [3.05, 3.63) is 58.1 Å². The van der Waals surface area contributed by atoms with E-state index in [1.165, 1.54) is 4.90 Å². The third-order valence-corrected chi connectivity index (χ3v) is 5.11. The van der Waals surface area contributed by atoms with Gasteiger partial charge in [0.1, 0.15) is 12.4 Å². The highest BCUT2D eigenvalue weighted by atomic mass is 35.5. The van der Waals surface area contributed by atoms with Crippen LogP contribution in [0.15, 0.2) is 42.5 Å². The van der Waals surface area contributed by atoms with Crippen molar-refractivity contribution >= 4 is 40.7 Å². The molecule has 0 saturated carbocycles. The summed E-state index contributed by atoms with van der Waals surface area (Å²) < 4.78 is 5.70. The zero-order valence-corrected chi connectivity index (χ0v) is 16.4. The van der Waals surface area contributed by atoms with E-state index in [-0.39, 0.29) is 24.3 Å². The van der Waals surface area contributed by atoms with Crippen LogP contribution < -0.4 is 10.1 Å². The minimum atomic E-state index is -0.350. The van der Waals surface area contributed by atoms with Gasteiger partial charge < -0.3 is 15.0 Å². The second-order valence-corrected chi connectivity index (χ2v) is 7.13. The Bertz CT molecular complexity index is 837. The Labute approximate surface area is 168 Å². The molecule has 3 rings (SSSR count). The van der Waals surface area contributed by atoms with Gasteiger partial charge in [-0.05, 0) is 37.1 Å². The number of nitrogens with one attached hydrogen (secondary N) is 1. The Kier molecular flexibility index (Phi) is 6.24. The van der Waals surface area contributed by atoms with Crippen LogP contribution in [-0.2, 0) is 16.0 Å². The molecule has 2 aromatic carbocycles. The third kappa shape index (κ3) is 4.54. The number of halogens is 2. The zero-order chi connectivity index (χ0) is 19.4. The average molecular weight is 407 g/mol. The van der Waals surface area contributed by atoms with Crippen LogP contribution in [-0.4, -0.2) is 36.4 Å². The number of fused-ring (bicyclic) bond motifs is 1. The van der Waals surface area contributed by atoms with Gasteiger partial charge in [-0.25, -0.2) is 0 Å². The molecule has 0 fully saturated rings. The lowest BCUT2D eigenvalue weighted by Crippen LogP contribution is -2.44. The quantitative estimate of drug-likeness (QED) is 0.814. The Hall–Kier alpha value is -2.24. The molecule has 0 bridgehead atoms. The highest BCUT2D eigenvalue weighted by Crippen LogP contribution is 2.30. The molecule has 1 atom stereocenters. The van der Waals surface area contributed by atoms with Gasteiger partial charge in [-0.1, -0.05) is 47.5 Å². The van der Waals surface area contributed by atoms with Gasteiger partial charge in [0.2, 0.25) is 11.8 Å². The van der Waals surface area contributed by atoms with E-state index in [1.807, 2.05) is 31.2 Å². The van der Waals surface area contributed by atoms with Gasteiger partial charge in [0.15, 0.2) is 0 Å². The van der Waals surface area contributed by atoms with E-state index in [0.717, 1.165) is 11.3 Å². The van der Waals surface area contributed by atoms with Crippen molar-refractivity contribution in [2.45, 2.75) is 13.3 Å². The number of hydrogen-bond acceptors (Lipinski definition) is 3. The summed E-state index contributed by atoms with van der Waals surface area (Å²) in [4.78, 5) is 26.8. The SMILES string of the molecule is CCN(CC(=O)Nc1c(Cl)cccc1Cl)C(=O)C1COc2ccccc2C1. The minimum Gasteiger partial charge on any atom is -0.492 e. The lowest BCUT2D eigenvalue weighted by atomic mass is 9.95. The van der Waals surface area contributed by atoms with Crippen LogP contribution in [0, 0.1) is 5.92 Å². The normalized spacial score (nSPS) is 15.4. The van der Waals surface area contributed by atoms with Gasteiger partial charge >= 0.3 is 0 Å². The number of likely N-dealkylation sites (N-methyl/N-ethyl adjacent to an activating group) is 1. The fourth-order valence-corrected chi connectivity index (χ4v) is 3.55. The van der Waals surface area contributed by atoms with Crippen molar-refractivity contribution in [3.63, 3.8) is 0 Å². The Morgan fingerprint density at radius 1 is 1.15 bits per heavy atom. The van der Waals surface area contributed by atoms with Crippen molar-refractivity contribution in [2.75, 3.05) is 25.0 Å². The summed E-state index contributed by atoms with van der Waals surface area (Å²) in [5, 5.41) is 3.39. The van der Waals surface area contributed by atoms with Crippen LogP contribution >= 0.6 is 23.2 Å². The largest absolute Gasteiger partial charge is 0.492 e. The predicted octanol–water partition coefficient (Wildman–Crippen LogP) is 4.03. The monoisotopic (exact) mass is 406 g/mol. The minimum absolute atomic E-state index is 0.0744. The molecule has 7 heteroatoms. The molecule has 1 N–H and O–H groups in total. The molecule has 0 saturated heterocycles. The number of ether oxygens (including phenoxy) is 1. The van der Waals surface area contributed by atoms with E-state index in [0.29, 0.717) is 35.3 Å². The molecular formula is C20H20Cl2N2O3. The molecule has 1 heterocycles. The number of anilines is 1. The number of benzene rings is 2. The molecule has 0 radical (unpaired) electrons. The van der Waals surface area contributed by atoms with Gasteiger partial charge in [0.25, 0.3) is 0 Å². The highest BCUT2D eigenvalue weighted by Gasteiger charge is 2.30. The number of rotatable bonds is 5. The maximum Gasteiger partial charge on any atom is 0.244 e.